The van der Waals surface area contributed by atoms with E-state index in [1.807, 2.05) is 23.1 Å². The molecular formula is C15H20Cl2N2O2. The van der Waals surface area contributed by atoms with Gasteiger partial charge in [0.15, 0.2) is 0 Å². The summed E-state index contributed by atoms with van der Waals surface area (Å²) in [6, 6.07) is 5.85. The van der Waals surface area contributed by atoms with E-state index in [0.29, 0.717) is 18.1 Å². The molecule has 1 N–H and O–H groups in total. The van der Waals surface area contributed by atoms with Gasteiger partial charge in [0.2, 0.25) is 5.91 Å². The maximum atomic E-state index is 12.6. The Labute approximate surface area is 136 Å². The zero-order chi connectivity index (χ0) is 14.1. The zero-order valence-electron chi connectivity index (χ0n) is 12.0. The normalized spacial score (nSPS) is 24.6. The standard InChI is InChI=1S/C15H19ClN2O2.ClH/c1-10-8-17-4-5-18(10)15(19)12-6-11-7-13(16)2-3-14(11)20-9-12;/h2-3,7,10,12,17H,4-6,8-9H2,1H3;1H/t10-,12?;/m1./s1. The lowest BCUT2D eigenvalue weighted by Crippen LogP contribution is -2.54. The number of rotatable bonds is 1. The van der Waals surface area contributed by atoms with Gasteiger partial charge in [0, 0.05) is 30.7 Å². The first kappa shape index (κ1) is 16.4. The van der Waals surface area contributed by atoms with Crippen molar-refractivity contribution in [2.75, 3.05) is 26.2 Å². The summed E-state index contributed by atoms with van der Waals surface area (Å²) in [5.74, 6) is 0.956. The first-order chi connectivity index (χ1) is 9.65. The second-order valence-corrected chi connectivity index (χ2v) is 5.99. The third kappa shape index (κ3) is 3.44. The van der Waals surface area contributed by atoms with Gasteiger partial charge in [-0.05, 0) is 37.1 Å². The van der Waals surface area contributed by atoms with Crippen LogP contribution in [0.15, 0.2) is 18.2 Å². The Morgan fingerprint density at radius 1 is 1.48 bits per heavy atom. The molecule has 1 saturated heterocycles. The largest absolute Gasteiger partial charge is 0.492 e. The van der Waals surface area contributed by atoms with E-state index in [2.05, 4.69) is 12.2 Å². The number of halogens is 2. The van der Waals surface area contributed by atoms with Crippen LogP contribution in [0.1, 0.15) is 12.5 Å². The Morgan fingerprint density at radius 3 is 3.05 bits per heavy atom. The molecule has 2 aliphatic heterocycles. The Balaban J connectivity index is 0.00000161. The number of hydrogen-bond acceptors (Lipinski definition) is 3. The second-order valence-electron chi connectivity index (χ2n) is 5.55. The van der Waals surface area contributed by atoms with Crippen molar-refractivity contribution in [2.45, 2.75) is 19.4 Å². The minimum absolute atomic E-state index is 0. The molecule has 1 aromatic carbocycles. The molecule has 1 aromatic rings. The predicted octanol–water partition coefficient (Wildman–Crippen LogP) is 2.13. The molecule has 3 rings (SSSR count). The van der Waals surface area contributed by atoms with Gasteiger partial charge in [-0.15, -0.1) is 12.4 Å². The number of carbonyl (C=O) groups is 1. The van der Waals surface area contributed by atoms with Gasteiger partial charge in [0.05, 0.1) is 5.92 Å². The summed E-state index contributed by atoms with van der Waals surface area (Å²) < 4.78 is 5.72. The average molecular weight is 331 g/mol. The van der Waals surface area contributed by atoms with Gasteiger partial charge in [0.1, 0.15) is 12.4 Å². The van der Waals surface area contributed by atoms with E-state index in [4.69, 9.17) is 16.3 Å². The summed E-state index contributed by atoms with van der Waals surface area (Å²) in [4.78, 5) is 14.6. The smallest absolute Gasteiger partial charge is 0.229 e. The quantitative estimate of drug-likeness (QED) is 0.857. The van der Waals surface area contributed by atoms with E-state index < -0.39 is 0 Å². The van der Waals surface area contributed by atoms with Crippen molar-refractivity contribution < 1.29 is 9.53 Å². The highest BCUT2D eigenvalue weighted by Crippen LogP contribution is 2.30. The number of piperazine rings is 1. The minimum atomic E-state index is -0.0958. The van der Waals surface area contributed by atoms with E-state index in [0.717, 1.165) is 30.9 Å². The Bertz CT molecular complexity index is 524. The lowest BCUT2D eigenvalue weighted by molar-refractivity contribution is -0.139. The Hall–Kier alpha value is -0.970. The number of carbonyl (C=O) groups excluding carboxylic acids is 1. The van der Waals surface area contributed by atoms with Crippen LogP contribution in [0.4, 0.5) is 0 Å². The number of hydrogen-bond donors (Lipinski definition) is 1. The summed E-state index contributed by atoms with van der Waals surface area (Å²) in [6.07, 6.45) is 0.714. The van der Waals surface area contributed by atoms with Crippen LogP contribution in [-0.2, 0) is 11.2 Å². The zero-order valence-corrected chi connectivity index (χ0v) is 13.5. The number of ether oxygens (including phenoxy) is 1. The fraction of sp³-hybridized carbons (Fsp3) is 0.533. The topological polar surface area (TPSA) is 41.6 Å². The van der Waals surface area contributed by atoms with E-state index in [-0.39, 0.29) is 30.3 Å². The van der Waals surface area contributed by atoms with Crippen LogP contribution in [0.3, 0.4) is 0 Å². The molecule has 0 radical (unpaired) electrons. The molecule has 116 valence electrons. The maximum absolute atomic E-state index is 12.6. The first-order valence-electron chi connectivity index (χ1n) is 7.07. The fourth-order valence-corrected chi connectivity index (χ4v) is 3.12. The van der Waals surface area contributed by atoms with Crippen molar-refractivity contribution in [1.29, 1.82) is 0 Å². The molecule has 2 atom stereocenters. The lowest BCUT2D eigenvalue weighted by atomic mass is 9.94. The van der Waals surface area contributed by atoms with E-state index >= 15 is 0 Å². The Kier molecular flexibility index (Phi) is 5.36. The maximum Gasteiger partial charge on any atom is 0.229 e. The third-order valence-corrected chi connectivity index (χ3v) is 4.30. The van der Waals surface area contributed by atoms with Gasteiger partial charge in [-0.1, -0.05) is 11.6 Å². The highest BCUT2D eigenvalue weighted by molar-refractivity contribution is 6.30. The molecule has 1 unspecified atom stereocenters. The fourth-order valence-electron chi connectivity index (χ4n) is 2.92. The van der Waals surface area contributed by atoms with E-state index in [9.17, 15) is 4.79 Å². The van der Waals surface area contributed by atoms with Crippen molar-refractivity contribution in [1.82, 2.24) is 10.2 Å². The molecule has 0 aliphatic carbocycles. The molecular weight excluding hydrogens is 311 g/mol. The molecule has 2 heterocycles. The minimum Gasteiger partial charge on any atom is -0.492 e. The molecule has 4 nitrogen and oxygen atoms in total. The van der Waals surface area contributed by atoms with Crippen LogP contribution in [0.2, 0.25) is 5.02 Å². The summed E-state index contributed by atoms with van der Waals surface area (Å²) in [5, 5.41) is 3.99. The molecule has 2 aliphatic rings. The lowest BCUT2D eigenvalue weighted by Gasteiger charge is -2.37. The Morgan fingerprint density at radius 2 is 2.29 bits per heavy atom. The van der Waals surface area contributed by atoms with Gasteiger partial charge in [-0.3, -0.25) is 4.79 Å². The first-order valence-corrected chi connectivity index (χ1v) is 7.45. The molecule has 6 heteroatoms. The van der Waals surface area contributed by atoms with Gasteiger partial charge >= 0.3 is 0 Å². The van der Waals surface area contributed by atoms with Gasteiger partial charge < -0.3 is 15.0 Å². The van der Waals surface area contributed by atoms with Crippen LogP contribution in [0.25, 0.3) is 0 Å². The number of amides is 1. The SMILES string of the molecule is C[C@@H]1CNCCN1C(=O)C1COc2ccc(Cl)cc2C1.Cl. The molecule has 0 saturated carbocycles. The second kappa shape index (κ2) is 6.86. The summed E-state index contributed by atoms with van der Waals surface area (Å²) in [6.45, 7) is 5.05. The van der Waals surface area contributed by atoms with E-state index in [1.165, 1.54) is 0 Å². The highest BCUT2D eigenvalue weighted by atomic mass is 35.5. The number of fused-ring (bicyclic) bond motifs is 1. The summed E-state index contributed by atoms with van der Waals surface area (Å²) in [7, 11) is 0. The van der Waals surface area contributed by atoms with Crippen molar-refractivity contribution in [2.24, 2.45) is 5.92 Å². The molecule has 1 amide bonds. The van der Waals surface area contributed by atoms with Gasteiger partial charge in [-0.2, -0.15) is 0 Å². The average Bonchev–Trinajstić information content (AvgIpc) is 2.46. The van der Waals surface area contributed by atoms with Crippen LogP contribution >= 0.6 is 24.0 Å². The van der Waals surface area contributed by atoms with Crippen LogP contribution < -0.4 is 10.1 Å². The summed E-state index contributed by atoms with van der Waals surface area (Å²) in [5.41, 5.74) is 1.03. The predicted molar refractivity (Wildman–Crippen MR) is 85.4 cm³/mol. The van der Waals surface area contributed by atoms with Crippen LogP contribution in [0.5, 0.6) is 5.75 Å². The van der Waals surface area contributed by atoms with Crippen molar-refractivity contribution in [3.63, 3.8) is 0 Å². The molecule has 0 spiro atoms. The number of benzene rings is 1. The third-order valence-electron chi connectivity index (χ3n) is 4.06. The molecule has 0 aromatic heterocycles. The number of nitrogens with one attached hydrogen (secondary N) is 1. The van der Waals surface area contributed by atoms with Crippen molar-refractivity contribution >= 4 is 29.9 Å². The highest BCUT2D eigenvalue weighted by Gasteiger charge is 2.32. The van der Waals surface area contributed by atoms with Crippen LogP contribution in [0, 0.1) is 5.92 Å². The summed E-state index contributed by atoms with van der Waals surface area (Å²) >= 11 is 6.02. The molecule has 0 bridgehead atoms. The van der Waals surface area contributed by atoms with Crippen molar-refractivity contribution in [3.8, 4) is 5.75 Å². The monoisotopic (exact) mass is 330 g/mol. The number of nitrogens with zero attached hydrogens (tertiary/aromatic N) is 1. The van der Waals surface area contributed by atoms with Crippen molar-refractivity contribution in [3.05, 3.63) is 28.8 Å². The van der Waals surface area contributed by atoms with E-state index in [1.54, 1.807) is 0 Å². The molecule has 1 fully saturated rings. The molecule has 21 heavy (non-hydrogen) atoms. The van der Waals surface area contributed by atoms with Gasteiger partial charge in [0.25, 0.3) is 0 Å². The van der Waals surface area contributed by atoms with Crippen LogP contribution in [-0.4, -0.2) is 43.1 Å². The van der Waals surface area contributed by atoms with Gasteiger partial charge in [-0.25, -0.2) is 0 Å².